The van der Waals surface area contributed by atoms with Crippen molar-refractivity contribution in [2.45, 2.75) is 38.8 Å². The molecule has 0 bridgehead atoms. The Hall–Kier alpha value is -1.09. The van der Waals surface area contributed by atoms with Crippen LogP contribution in [0.15, 0.2) is 18.3 Å². The molecule has 1 aliphatic heterocycles. The maximum absolute atomic E-state index is 10.8. The first-order valence-electron chi connectivity index (χ1n) is 6.15. The fourth-order valence-electron chi connectivity index (χ4n) is 2.46. The van der Waals surface area contributed by atoms with Gasteiger partial charge in [0.2, 0.25) is 0 Å². The lowest BCUT2D eigenvalue weighted by atomic mass is 10.1. The minimum absolute atomic E-state index is 0.520. The monoisotopic (exact) mass is 220 g/mol. The smallest absolute Gasteiger partial charge is 0.166 e. The molecule has 3 heteroatoms. The van der Waals surface area contributed by atoms with Gasteiger partial charge in [0.25, 0.3) is 0 Å². The van der Waals surface area contributed by atoms with Crippen LogP contribution in [-0.4, -0.2) is 34.9 Å². The van der Waals surface area contributed by atoms with Crippen LogP contribution in [-0.2, 0) is 6.54 Å². The van der Waals surface area contributed by atoms with Gasteiger partial charge in [0.05, 0.1) is 5.69 Å². The van der Waals surface area contributed by atoms with Crippen molar-refractivity contribution in [2.75, 3.05) is 13.1 Å². The van der Waals surface area contributed by atoms with E-state index in [0.717, 1.165) is 18.5 Å². The zero-order chi connectivity index (χ0) is 11.4. The molecule has 1 aromatic heterocycles. The fourth-order valence-corrected chi connectivity index (χ4v) is 2.46. The molecule has 1 atom stereocenters. The third-order valence-corrected chi connectivity index (χ3v) is 3.46. The van der Waals surface area contributed by atoms with Crippen molar-refractivity contribution in [3.05, 3.63) is 24.0 Å². The van der Waals surface area contributed by atoms with Gasteiger partial charge in [-0.3, -0.25) is 9.69 Å². The van der Waals surface area contributed by atoms with Crippen molar-refractivity contribution >= 4 is 6.29 Å². The van der Waals surface area contributed by atoms with Crippen molar-refractivity contribution in [3.8, 4) is 0 Å². The Balaban J connectivity index is 1.95. The van der Waals surface area contributed by atoms with Gasteiger partial charge in [0.15, 0.2) is 6.29 Å². The highest BCUT2D eigenvalue weighted by Crippen LogP contribution is 2.13. The molecule has 1 unspecified atom stereocenters. The lowest BCUT2D eigenvalue weighted by Gasteiger charge is -2.32. The quantitative estimate of drug-likeness (QED) is 0.727. The molecule has 88 valence electrons. The molecule has 3 nitrogen and oxygen atoms in total. The number of rotatable bonds is 4. The summed E-state index contributed by atoms with van der Waals surface area (Å²) in [7, 11) is 0. The van der Waals surface area contributed by atoms with E-state index in [1.165, 1.54) is 32.4 Å². The molecule has 1 fully saturated rings. The molecule has 0 N–H and O–H groups in total. The molecule has 0 aromatic carbocycles. The summed E-state index contributed by atoms with van der Waals surface area (Å²) < 4.78 is 2.05. The highest BCUT2D eigenvalue weighted by atomic mass is 16.1. The van der Waals surface area contributed by atoms with Crippen molar-refractivity contribution in [2.24, 2.45) is 0 Å². The molecule has 1 aliphatic rings. The number of hydrogen-bond donors (Lipinski definition) is 0. The highest BCUT2D eigenvalue weighted by Gasteiger charge is 2.17. The number of carbonyl (C=O) groups excluding carboxylic acids is 1. The molecule has 0 spiro atoms. The topological polar surface area (TPSA) is 25.2 Å². The van der Waals surface area contributed by atoms with Gasteiger partial charge in [-0.15, -0.1) is 0 Å². The van der Waals surface area contributed by atoms with Crippen LogP contribution < -0.4 is 0 Å². The lowest BCUT2D eigenvalue weighted by Crippen LogP contribution is -2.39. The van der Waals surface area contributed by atoms with Crippen LogP contribution >= 0.6 is 0 Å². The summed E-state index contributed by atoms with van der Waals surface area (Å²) >= 11 is 0. The molecule has 16 heavy (non-hydrogen) atoms. The van der Waals surface area contributed by atoms with E-state index >= 15 is 0 Å². The molecule has 0 aliphatic carbocycles. The van der Waals surface area contributed by atoms with E-state index in [1.54, 1.807) is 0 Å². The summed E-state index contributed by atoms with van der Waals surface area (Å²) in [5.41, 5.74) is 0.781. The molecule has 0 amide bonds. The van der Waals surface area contributed by atoms with Gasteiger partial charge in [-0.05, 0) is 45.0 Å². The first-order chi connectivity index (χ1) is 7.81. The average molecular weight is 220 g/mol. The second-order valence-electron chi connectivity index (χ2n) is 4.65. The Labute approximate surface area is 97.1 Å². The van der Waals surface area contributed by atoms with Gasteiger partial charge in [0.1, 0.15) is 0 Å². The summed E-state index contributed by atoms with van der Waals surface area (Å²) in [6, 6.07) is 4.33. The first-order valence-corrected chi connectivity index (χ1v) is 6.15. The van der Waals surface area contributed by atoms with Gasteiger partial charge in [-0.2, -0.15) is 0 Å². The SMILES string of the molecule is CC(Cn1cccc1C=O)N1CCCCC1. The van der Waals surface area contributed by atoms with E-state index in [-0.39, 0.29) is 0 Å². The second-order valence-corrected chi connectivity index (χ2v) is 4.65. The van der Waals surface area contributed by atoms with E-state index < -0.39 is 0 Å². The Morgan fingerprint density at radius 2 is 2.12 bits per heavy atom. The number of nitrogens with zero attached hydrogens (tertiary/aromatic N) is 2. The van der Waals surface area contributed by atoms with Crippen LogP contribution in [0.2, 0.25) is 0 Å². The molecule has 2 rings (SSSR count). The number of likely N-dealkylation sites (tertiary alicyclic amines) is 1. The number of piperidine rings is 1. The Kier molecular flexibility index (Phi) is 3.78. The van der Waals surface area contributed by atoms with E-state index in [9.17, 15) is 4.79 Å². The predicted molar refractivity (Wildman–Crippen MR) is 64.7 cm³/mol. The van der Waals surface area contributed by atoms with Crippen molar-refractivity contribution in [1.82, 2.24) is 9.47 Å². The summed E-state index contributed by atoms with van der Waals surface area (Å²) in [6.07, 6.45) is 6.92. The van der Waals surface area contributed by atoms with Gasteiger partial charge < -0.3 is 4.57 Å². The van der Waals surface area contributed by atoms with Crippen LogP contribution in [0, 0.1) is 0 Å². The largest absolute Gasteiger partial charge is 0.344 e. The van der Waals surface area contributed by atoms with Gasteiger partial charge in [-0.1, -0.05) is 6.42 Å². The third kappa shape index (κ3) is 2.53. The van der Waals surface area contributed by atoms with E-state index in [4.69, 9.17) is 0 Å². The maximum Gasteiger partial charge on any atom is 0.166 e. The van der Waals surface area contributed by atoms with Gasteiger partial charge >= 0.3 is 0 Å². The van der Waals surface area contributed by atoms with Crippen LogP contribution in [0.3, 0.4) is 0 Å². The van der Waals surface area contributed by atoms with E-state index in [1.807, 2.05) is 22.9 Å². The van der Waals surface area contributed by atoms with Crippen molar-refractivity contribution in [3.63, 3.8) is 0 Å². The van der Waals surface area contributed by atoms with Crippen LogP contribution in [0.4, 0.5) is 0 Å². The molecule has 1 saturated heterocycles. The van der Waals surface area contributed by atoms with Crippen LogP contribution in [0.1, 0.15) is 36.7 Å². The molecular weight excluding hydrogens is 200 g/mol. The van der Waals surface area contributed by atoms with Gasteiger partial charge in [-0.25, -0.2) is 0 Å². The number of aromatic nitrogens is 1. The second kappa shape index (κ2) is 5.30. The standard InChI is InChI=1S/C13H20N2O/c1-12(14-7-3-2-4-8-14)10-15-9-5-6-13(15)11-16/h5-6,9,11-12H,2-4,7-8,10H2,1H3. The zero-order valence-corrected chi connectivity index (χ0v) is 9.93. The molecule has 0 radical (unpaired) electrons. The summed E-state index contributed by atoms with van der Waals surface area (Å²) in [5, 5.41) is 0. The summed E-state index contributed by atoms with van der Waals surface area (Å²) in [6.45, 7) is 5.58. The zero-order valence-electron chi connectivity index (χ0n) is 9.93. The minimum atomic E-state index is 0.520. The van der Waals surface area contributed by atoms with Crippen LogP contribution in [0.5, 0.6) is 0 Å². The van der Waals surface area contributed by atoms with E-state index in [2.05, 4.69) is 11.8 Å². The third-order valence-electron chi connectivity index (χ3n) is 3.46. The van der Waals surface area contributed by atoms with Crippen molar-refractivity contribution in [1.29, 1.82) is 0 Å². The Morgan fingerprint density at radius 3 is 2.81 bits per heavy atom. The molecule has 2 heterocycles. The Bertz CT molecular complexity index is 339. The Morgan fingerprint density at radius 1 is 1.38 bits per heavy atom. The highest BCUT2D eigenvalue weighted by molar-refractivity contribution is 5.72. The average Bonchev–Trinajstić information content (AvgIpc) is 2.77. The number of carbonyl (C=O) groups is 1. The summed E-state index contributed by atoms with van der Waals surface area (Å²) in [5.74, 6) is 0. The molecule has 0 saturated carbocycles. The fraction of sp³-hybridized carbons (Fsp3) is 0.615. The number of hydrogen-bond acceptors (Lipinski definition) is 2. The van der Waals surface area contributed by atoms with Crippen LogP contribution in [0.25, 0.3) is 0 Å². The predicted octanol–water partition coefficient (Wildman–Crippen LogP) is 2.17. The summed E-state index contributed by atoms with van der Waals surface area (Å²) in [4.78, 5) is 13.3. The minimum Gasteiger partial charge on any atom is -0.344 e. The lowest BCUT2D eigenvalue weighted by molar-refractivity contribution is 0.111. The normalized spacial score (nSPS) is 19.6. The van der Waals surface area contributed by atoms with E-state index in [0.29, 0.717) is 6.04 Å². The van der Waals surface area contributed by atoms with Gasteiger partial charge in [0, 0.05) is 18.8 Å². The number of aldehydes is 1. The molecular formula is C13H20N2O. The first kappa shape index (κ1) is 11.4. The maximum atomic E-state index is 10.8. The molecule has 1 aromatic rings. The van der Waals surface area contributed by atoms with Crippen molar-refractivity contribution < 1.29 is 4.79 Å².